The van der Waals surface area contributed by atoms with E-state index in [1.807, 2.05) is 44.2 Å². The van der Waals surface area contributed by atoms with Gasteiger partial charge in [0.15, 0.2) is 0 Å². The molecule has 43 heavy (non-hydrogen) atoms. The van der Waals surface area contributed by atoms with Gasteiger partial charge in [-0.25, -0.2) is 0 Å². The normalized spacial score (nSPS) is 21.5. The van der Waals surface area contributed by atoms with Gasteiger partial charge in [-0.05, 0) is 73.4 Å². The highest BCUT2D eigenvalue weighted by Gasteiger charge is 2.54. The van der Waals surface area contributed by atoms with Gasteiger partial charge in [0, 0.05) is 30.6 Å². The van der Waals surface area contributed by atoms with Crippen LogP contribution < -0.4 is 0 Å². The summed E-state index contributed by atoms with van der Waals surface area (Å²) >= 11 is 0. The Hall–Kier alpha value is -3.82. The second-order valence-electron chi connectivity index (χ2n) is 11.8. The Morgan fingerprint density at radius 2 is 1.79 bits per heavy atom. The predicted molar refractivity (Wildman–Crippen MR) is 162 cm³/mol. The Bertz CT molecular complexity index is 1370. The number of imide groups is 1. The number of hydrogen-bond donors (Lipinski definition) is 4. The van der Waals surface area contributed by atoms with Crippen LogP contribution in [0.3, 0.4) is 0 Å². The molecule has 2 aliphatic rings. The average Bonchev–Trinajstić information content (AvgIpc) is 3.23. The van der Waals surface area contributed by atoms with Gasteiger partial charge in [0.2, 0.25) is 11.8 Å². The Kier molecular flexibility index (Phi) is 10.9. The highest BCUT2D eigenvalue weighted by Crippen LogP contribution is 2.48. The van der Waals surface area contributed by atoms with Crippen LogP contribution in [0.2, 0.25) is 0 Å². The maximum Gasteiger partial charge on any atom is 0.303 e. The quantitative estimate of drug-likeness (QED) is 0.141. The molecule has 1 aliphatic carbocycles. The van der Waals surface area contributed by atoms with Crippen LogP contribution in [0.25, 0.3) is 11.6 Å². The fraction of sp³-hybridized carbons (Fsp3) is 0.471. The highest BCUT2D eigenvalue weighted by molar-refractivity contribution is 6.05. The fourth-order valence-corrected chi connectivity index (χ4v) is 6.52. The van der Waals surface area contributed by atoms with Gasteiger partial charge in [-0.3, -0.25) is 24.3 Å². The molecule has 2 aromatic rings. The van der Waals surface area contributed by atoms with E-state index in [4.69, 9.17) is 5.11 Å². The molecular formula is C34H42N2O7. The number of benzene rings is 1. The van der Waals surface area contributed by atoms with Gasteiger partial charge in [-0.15, -0.1) is 0 Å². The zero-order valence-corrected chi connectivity index (χ0v) is 24.9. The number of phenolic OH excluding ortho intramolecular Hbond substituents is 1. The zero-order valence-electron chi connectivity index (χ0n) is 24.9. The maximum absolute atomic E-state index is 13.6. The van der Waals surface area contributed by atoms with Crippen molar-refractivity contribution in [3.63, 3.8) is 0 Å². The Balaban J connectivity index is 1.56. The van der Waals surface area contributed by atoms with E-state index in [0.29, 0.717) is 55.4 Å². The molecule has 1 saturated heterocycles. The van der Waals surface area contributed by atoms with Gasteiger partial charge in [0.1, 0.15) is 5.75 Å². The third-order valence-electron chi connectivity index (χ3n) is 8.68. The summed E-state index contributed by atoms with van der Waals surface area (Å²) in [6.07, 6.45) is 5.30. The van der Waals surface area contributed by atoms with Gasteiger partial charge in [-0.1, -0.05) is 50.1 Å². The van der Waals surface area contributed by atoms with Gasteiger partial charge in [0.05, 0.1) is 30.2 Å². The molecule has 0 spiro atoms. The minimum atomic E-state index is -0.958. The molecule has 0 radical (unpaired) electrons. The standard InChI is InChI=1S/C34H42N2O7/c1-21(2)24-19-25-32(34(43)36(33(25)42)17-9-3-4-13-30(40)41)26(20-37)31(24)29(39)15-14-22(27-11-7-8-16-35-27)18-23-10-5-6-12-28(23)38/h5-8,10-12,16,18,21,25-26,29,32,37-39H,3-4,9,13-15,17,19-20H2,1-2H3,(H,40,41)/b22-18-/t25-,26+,29-,32-/m1/s1. The number of nitrogens with zero attached hydrogens (tertiary/aromatic N) is 2. The third-order valence-corrected chi connectivity index (χ3v) is 8.68. The number of aromatic nitrogens is 1. The molecule has 230 valence electrons. The van der Waals surface area contributed by atoms with E-state index >= 15 is 0 Å². The number of para-hydroxylation sites is 1. The Morgan fingerprint density at radius 3 is 2.44 bits per heavy atom. The van der Waals surface area contributed by atoms with Crippen LogP contribution in [0.15, 0.2) is 59.8 Å². The molecule has 0 bridgehead atoms. The topological polar surface area (TPSA) is 148 Å². The number of amides is 2. The number of carboxylic acid groups (broad SMARTS) is 1. The summed E-state index contributed by atoms with van der Waals surface area (Å²) in [6.45, 7) is 3.85. The first-order chi connectivity index (χ1) is 20.6. The summed E-state index contributed by atoms with van der Waals surface area (Å²) in [7, 11) is 0. The number of fused-ring (bicyclic) bond motifs is 1. The molecule has 1 fully saturated rings. The van der Waals surface area contributed by atoms with Gasteiger partial charge in [-0.2, -0.15) is 0 Å². The minimum absolute atomic E-state index is 0.000288. The lowest BCUT2D eigenvalue weighted by Gasteiger charge is -2.38. The van der Waals surface area contributed by atoms with Crippen LogP contribution in [0.5, 0.6) is 5.75 Å². The van der Waals surface area contributed by atoms with E-state index in [1.165, 1.54) is 4.90 Å². The number of unbranched alkanes of at least 4 members (excludes halogenated alkanes) is 2. The summed E-state index contributed by atoms with van der Waals surface area (Å²) in [6, 6.07) is 12.6. The Labute approximate surface area is 252 Å². The van der Waals surface area contributed by atoms with Crippen molar-refractivity contribution in [3.05, 3.63) is 71.1 Å². The van der Waals surface area contributed by atoms with Crippen LogP contribution in [0.1, 0.15) is 70.1 Å². The van der Waals surface area contributed by atoms with E-state index < -0.39 is 29.8 Å². The number of likely N-dealkylation sites (tertiary alicyclic amines) is 1. The SMILES string of the molecule is CC(C)C1=C([C@H](O)CC/C(=C/c2ccccc2O)c2ccccn2)[C@H](CO)[C@@H]2C(=O)N(CCCCCC(=O)O)C(=O)[C@@H]2C1. The van der Waals surface area contributed by atoms with E-state index in [2.05, 4.69) is 4.98 Å². The number of aliphatic hydroxyl groups excluding tert-OH is 2. The minimum Gasteiger partial charge on any atom is -0.507 e. The molecule has 4 rings (SSSR count). The first kappa shape index (κ1) is 32.1. The van der Waals surface area contributed by atoms with Crippen LogP contribution >= 0.6 is 0 Å². The molecule has 0 unspecified atom stereocenters. The number of hydrogen-bond acceptors (Lipinski definition) is 7. The molecule has 1 aliphatic heterocycles. The molecule has 2 heterocycles. The fourth-order valence-electron chi connectivity index (χ4n) is 6.52. The first-order valence-electron chi connectivity index (χ1n) is 15.1. The summed E-state index contributed by atoms with van der Waals surface area (Å²) in [5, 5.41) is 41.5. The molecule has 9 nitrogen and oxygen atoms in total. The summed E-state index contributed by atoms with van der Waals surface area (Å²) in [4.78, 5) is 43.6. The smallest absolute Gasteiger partial charge is 0.303 e. The average molecular weight is 591 g/mol. The number of aliphatic carboxylic acids is 1. The van der Waals surface area contributed by atoms with Crippen molar-refractivity contribution in [1.29, 1.82) is 0 Å². The summed E-state index contributed by atoms with van der Waals surface area (Å²) in [5.41, 5.74) is 3.72. The van der Waals surface area contributed by atoms with Crippen molar-refractivity contribution < 1.29 is 34.8 Å². The van der Waals surface area contributed by atoms with Crippen molar-refractivity contribution in [2.75, 3.05) is 13.2 Å². The molecule has 1 aromatic heterocycles. The summed E-state index contributed by atoms with van der Waals surface area (Å²) < 4.78 is 0. The van der Waals surface area contributed by atoms with Crippen LogP contribution in [0.4, 0.5) is 0 Å². The number of allylic oxidation sites excluding steroid dienone is 2. The number of phenols is 1. The highest BCUT2D eigenvalue weighted by atomic mass is 16.4. The molecule has 1 aromatic carbocycles. The van der Waals surface area contributed by atoms with Gasteiger partial charge in [0.25, 0.3) is 0 Å². The molecule has 4 N–H and O–H groups in total. The molecule has 4 atom stereocenters. The zero-order chi connectivity index (χ0) is 31.1. The van der Waals surface area contributed by atoms with Crippen molar-refractivity contribution in [2.45, 2.75) is 64.9 Å². The number of aromatic hydroxyl groups is 1. The van der Waals surface area contributed by atoms with Crippen molar-refractivity contribution in [2.24, 2.45) is 23.7 Å². The lowest BCUT2D eigenvalue weighted by atomic mass is 9.66. The van der Waals surface area contributed by atoms with Crippen molar-refractivity contribution >= 4 is 29.4 Å². The van der Waals surface area contributed by atoms with Gasteiger partial charge < -0.3 is 20.4 Å². The number of rotatable bonds is 14. The van der Waals surface area contributed by atoms with Crippen molar-refractivity contribution in [1.82, 2.24) is 9.88 Å². The van der Waals surface area contributed by atoms with E-state index in [0.717, 1.165) is 11.1 Å². The number of aliphatic hydroxyl groups is 2. The summed E-state index contributed by atoms with van der Waals surface area (Å²) in [5.74, 6) is -3.31. The van der Waals surface area contributed by atoms with Gasteiger partial charge >= 0.3 is 5.97 Å². The molecular weight excluding hydrogens is 548 g/mol. The second-order valence-corrected chi connectivity index (χ2v) is 11.8. The number of carbonyl (C=O) groups is 3. The maximum atomic E-state index is 13.6. The number of carboxylic acids is 1. The number of pyridine rings is 1. The molecule has 9 heteroatoms. The van der Waals surface area contributed by atoms with E-state index in [-0.39, 0.29) is 43.1 Å². The monoisotopic (exact) mass is 590 g/mol. The van der Waals surface area contributed by atoms with Crippen molar-refractivity contribution in [3.8, 4) is 5.75 Å². The van der Waals surface area contributed by atoms with Crippen LogP contribution in [-0.2, 0) is 14.4 Å². The lowest BCUT2D eigenvalue weighted by Crippen LogP contribution is -2.40. The molecule has 0 saturated carbocycles. The van der Waals surface area contributed by atoms with E-state index in [9.17, 15) is 29.7 Å². The Morgan fingerprint density at radius 1 is 1.05 bits per heavy atom. The molecule has 2 amide bonds. The third kappa shape index (κ3) is 7.40. The van der Waals surface area contributed by atoms with Crippen LogP contribution in [-0.4, -0.2) is 67.3 Å². The van der Waals surface area contributed by atoms with Crippen LogP contribution in [0, 0.1) is 23.7 Å². The lowest BCUT2D eigenvalue weighted by molar-refractivity contribution is -0.141. The largest absolute Gasteiger partial charge is 0.507 e. The second kappa shape index (κ2) is 14.6. The van der Waals surface area contributed by atoms with E-state index in [1.54, 1.807) is 24.4 Å². The predicted octanol–water partition coefficient (Wildman–Crippen LogP) is 4.68. The first-order valence-corrected chi connectivity index (χ1v) is 15.1. The number of carbonyl (C=O) groups excluding carboxylic acids is 2.